The molecular formula is C27H30N4O2. The van der Waals surface area contributed by atoms with Crippen LogP contribution in [0, 0.1) is 19.8 Å². The van der Waals surface area contributed by atoms with Crippen LogP contribution in [0.15, 0.2) is 54.7 Å². The quantitative estimate of drug-likeness (QED) is 0.647. The summed E-state index contributed by atoms with van der Waals surface area (Å²) in [7, 11) is 0. The number of anilines is 1. The fourth-order valence-electron chi connectivity index (χ4n) is 5.09. The van der Waals surface area contributed by atoms with Gasteiger partial charge in [-0.25, -0.2) is 0 Å². The molecule has 6 nitrogen and oxygen atoms in total. The van der Waals surface area contributed by atoms with Crippen LogP contribution in [0.1, 0.15) is 53.3 Å². The van der Waals surface area contributed by atoms with Crippen molar-refractivity contribution in [2.45, 2.75) is 52.1 Å². The molecule has 0 radical (unpaired) electrons. The number of fused-ring (bicyclic) bond motifs is 1. The van der Waals surface area contributed by atoms with Gasteiger partial charge in [0.05, 0.1) is 24.7 Å². The Labute approximate surface area is 194 Å². The summed E-state index contributed by atoms with van der Waals surface area (Å²) >= 11 is 0. The van der Waals surface area contributed by atoms with Crippen LogP contribution in [0.25, 0.3) is 0 Å². The van der Waals surface area contributed by atoms with Crippen LogP contribution in [0.2, 0.25) is 0 Å². The van der Waals surface area contributed by atoms with Crippen LogP contribution in [0.4, 0.5) is 5.69 Å². The van der Waals surface area contributed by atoms with Crippen LogP contribution in [0.5, 0.6) is 0 Å². The fraction of sp³-hybridized carbons (Fsp3) is 0.370. The summed E-state index contributed by atoms with van der Waals surface area (Å²) in [5.41, 5.74) is 6.68. The SMILES string of the molecule is Cc1cccc(N2C[C@@H](C(=O)N[C@@H]3CCCc4c3cnn4Cc3ccccc3)CC2=O)c1C. The van der Waals surface area contributed by atoms with E-state index in [1.54, 1.807) is 4.90 Å². The highest BCUT2D eigenvalue weighted by Crippen LogP contribution is 2.32. The average molecular weight is 443 g/mol. The molecule has 2 amide bonds. The first-order valence-electron chi connectivity index (χ1n) is 11.8. The van der Waals surface area contributed by atoms with Gasteiger partial charge in [-0.1, -0.05) is 42.5 Å². The summed E-state index contributed by atoms with van der Waals surface area (Å²) in [6, 6.07) is 16.2. The molecule has 2 aromatic carbocycles. The molecule has 1 N–H and O–H groups in total. The number of amides is 2. The monoisotopic (exact) mass is 442 g/mol. The minimum Gasteiger partial charge on any atom is -0.349 e. The average Bonchev–Trinajstić information content (AvgIpc) is 3.41. The molecule has 1 fully saturated rings. The second kappa shape index (κ2) is 8.85. The second-order valence-corrected chi connectivity index (χ2v) is 9.27. The van der Waals surface area contributed by atoms with E-state index in [1.807, 2.05) is 56.4 Å². The summed E-state index contributed by atoms with van der Waals surface area (Å²) in [6.07, 6.45) is 5.04. The van der Waals surface area contributed by atoms with Gasteiger partial charge in [-0.3, -0.25) is 14.3 Å². The predicted octanol–water partition coefficient (Wildman–Crippen LogP) is 4.09. The first kappa shape index (κ1) is 21.4. The van der Waals surface area contributed by atoms with Crippen LogP contribution in [0.3, 0.4) is 0 Å². The fourth-order valence-corrected chi connectivity index (χ4v) is 5.09. The van der Waals surface area contributed by atoms with Gasteiger partial charge in [-0.05, 0) is 55.9 Å². The number of carbonyl (C=O) groups is 2. The topological polar surface area (TPSA) is 67.2 Å². The van der Waals surface area contributed by atoms with Gasteiger partial charge in [0.1, 0.15) is 0 Å². The third kappa shape index (κ3) is 4.17. The van der Waals surface area contributed by atoms with Crippen LogP contribution >= 0.6 is 0 Å². The van der Waals surface area contributed by atoms with Gasteiger partial charge in [-0.2, -0.15) is 5.10 Å². The summed E-state index contributed by atoms with van der Waals surface area (Å²) in [5, 5.41) is 7.87. The lowest BCUT2D eigenvalue weighted by Gasteiger charge is -2.26. The molecule has 1 aliphatic heterocycles. The number of aryl methyl sites for hydroxylation is 1. The Morgan fingerprint density at radius 2 is 1.94 bits per heavy atom. The van der Waals surface area contributed by atoms with E-state index in [9.17, 15) is 9.59 Å². The maximum Gasteiger partial charge on any atom is 0.227 e. The van der Waals surface area contributed by atoms with Crippen molar-refractivity contribution in [1.82, 2.24) is 15.1 Å². The van der Waals surface area contributed by atoms with E-state index in [-0.39, 0.29) is 30.2 Å². The molecule has 2 heterocycles. The first-order valence-corrected chi connectivity index (χ1v) is 11.8. The lowest BCUT2D eigenvalue weighted by atomic mass is 9.92. The molecule has 33 heavy (non-hydrogen) atoms. The Morgan fingerprint density at radius 1 is 1.12 bits per heavy atom. The summed E-state index contributed by atoms with van der Waals surface area (Å²) < 4.78 is 2.06. The predicted molar refractivity (Wildman–Crippen MR) is 128 cm³/mol. The van der Waals surface area contributed by atoms with E-state index in [2.05, 4.69) is 27.2 Å². The molecule has 0 unspecified atom stereocenters. The highest BCUT2D eigenvalue weighted by molar-refractivity contribution is 6.01. The van der Waals surface area contributed by atoms with Gasteiger partial charge >= 0.3 is 0 Å². The number of hydrogen-bond donors (Lipinski definition) is 1. The van der Waals surface area contributed by atoms with E-state index in [1.165, 1.54) is 11.3 Å². The molecule has 6 heteroatoms. The van der Waals surface area contributed by atoms with Gasteiger partial charge in [0.2, 0.25) is 11.8 Å². The molecule has 2 atom stereocenters. The van der Waals surface area contributed by atoms with Crippen molar-refractivity contribution < 1.29 is 9.59 Å². The molecule has 2 aliphatic rings. The number of nitrogens with one attached hydrogen (secondary N) is 1. The van der Waals surface area contributed by atoms with Gasteiger partial charge in [0.25, 0.3) is 0 Å². The molecule has 1 aromatic heterocycles. The van der Waals surface area contributed by atoms with E-state index in [0.29, 0.717) is 6.54 Å². The van der Waals surface area contributed by atoms with Gasteiger partial charge in [0.15, 0.2) is 0 Å². The van der Waals surface area contributed by atoms with Crippen LogP contribution in [-0.4, -0.2) is 28.1 Å². The molecule has 0 bridgehead atoms. The molecule has 0 spiro atoms. The number of aromatic nitrogens is 2. The number of benzene rings is 2. The van der Waals surface area contributed by atoms with Crippen LogP contribution < -0.4 is 10.2 Å². The number of rotatable bonds is 5. The van der Waals surface area contributed by atoms with Crippen molar-refractivity contribution in [3.05, 3.63) is 82.7 Å². The Kier molecular flexibility index (Phi) is 5.75. The van der Waals surface area contributed by atoms with Crippen molar-refractivity contribution in [3.8, 4) is 0 Å². The van der Waals surface area contributed by atoms with E-state index < -0.39 is 0 Å². The first-order chi connectivity index (χ1) is 16.0. The molecule has 170 valence electrons. The highest BCUT2D eigenvalue weighted by Gasteiger charge is 2.37. The minimum atomic E-state index is -0.331. The molecule has 1 saturated heterocycles. The van der Waals surface area contributed by atoms with E-state index in [0.717, 1.165) is 48.2 Å². The Morgan fingerprint density at radius 3 is 2.76 bits per heavy atom. The zero-order chi connectivity index (χ0) is 22.9. The van der Waals surface area contributed by atoms with Crippen molar-refractivity contribution in [2.75, 3.05) is 11.4 Å². The molecular weight excluding hydrogens is 412 g/mol. The minimum absolute atomic E-state index is 0.0175. The van der Waals surface area contributed by atoms with E-state index in [4.69, 9.17) is 0 Å². The Bertz CT molecular complexity index is 1180. The summed E-state index contributed by atoms with van der Waals surface area (Å²) in [6.45, 7) is 5.24. The molecule has 5 rings (SSSR count). The largest absolute Gasteiger partial charge is 0.349 e. The van der Waals surface area contributed by atoms with Crippen molar-refractivity contribution >= 4 is 17.5 Å². The zero-order valence-corrected chi connectivity index (χ0v) is 19.3. The van der Waals surface area contributed by atoms with Gasteiger partial charge < -0.3 is 10.2 Å². The van der Waals surface area contributed by atoms with Crippen LogP contribution in [-0.2, 0) is 22.6 Å². The zero-order valence-electron chi connectivity index (χ0n) is 19.3. The molecule has 3 aromatic rings. The van der Waals surface area contributed by atoms with Crippen molar-refractivity contribution in [2.24, 2.45) is 5.92 Å². The van der Waals surface area contributed by atoms with Gasteiger partial charge in [0, 0.05) is 29.9 Å². The highest BCUT2D eigenvalue weighted by atomic mass is 16.2. The number of hydrogen-bond acceptors (Lipinski definition) is 3. The van der Waals surface area contributed by atoms with E-state index >= 15 is 0 Å². The third-order valence-electron chi connectivity index (χ3n) is 7.12. The maximum atomic E-state index is 13.2. The lowest BCUT2D eigenvalue weighted by Crippen LogP contribution is -2.37. The normalized spacial score (nSPS) is 20.1. The van der Waals surface area contributed by atoms with Crippen molar-refractivity contribution in [3.63, 3.8) is 0 Å². The number of nitrogens with zero attached hydrogens (tertiary/aromatic N) is 3. The number of carbonyl (C=O) groups excluding carboxylic acids is 2. The smallest absolute Gasteiger partial charge is 0.227 e. The van der Waals surface area contributed by atoms with Crippen molar-refractivity contribution in [1.29, 1.82) is 0 Å². The Hall–Kier alpha value is -3.41. The molecule has 0 saturated carbocycles. The summed E-state index contributed by atoms with van der Waals surface area (Å²) in [4.78, 5) is 27.7. The van der Waals surface area contributed by atoms with Gasteiger partial charge in [-0.15, -0.1) is 0 Å². The lowest BCUT2D eigenvalue weighted by molar-refractivity contribution is -0.127. The third-order valence-corrected chi connectivity index (χ3v) is 7.12. The summed E-state index contributed by atoms with van der Waals surface area (Å²) in [5.74, 6) is -0.351. The maximum absolute atomic E-state index is 13.2. The molecule has 1 aliphatic carbocycles. The standard InChI is InChI=1S/C27H30N4O2/c1-18-8-6-12-24(19(18)2)30-17-21(14-26(30)32)27(33)29-23-11-7-13-25-22(23)15-28-31(25)16-20-9-4-3-5-10-20/h3-6,8-10,12,15,21,23H,7,11,13-14,16-17H2,1-2H3,(H,29,33)/t21-,23+/m0/s1. The second-order valence-electron chi connectivity index (χ2n) is 9.27. The Balaban J connectivity index is 1.29.